The lowest BCUT2D eigenvalue weighted by Gasteiger charge is -2.30. The van der Waals surface area contributed by atoms with Crippen LogP contribution in [0.4, 0.5) is 0 Å². The van der Waals surface area contributed by atoms with Crippen molar-refractivity contribution >= 4 is 17.7 Å². The zero-order chi connectivity index (χ0) is 16.8. The molecule has 1 unspecified atom stereocenters. The minimum atomic E-state index is -0.209. The molecule has 1 atom stereocenters. The summed E-state index contributed by atoms with van der Waals surface area (Å²) in [6, 6.07) is 0.242. The summed E-state index contributed by atoms with van der Waals surface area (Å²) in [5, 5.41) is 3.12. The van der Waals surface area contributed by atoms with Gasteiger partial charge in [0.15, 0.2) is 0 Å². The van der Waals surface area contributed by atoms with Crippen LogP contribution < -0.4 is 5.32 Å². The molecule has 1 saturated carbocycles. The molecule has 23 heavy (non-hydrogen) atoms. The Kier molecular flexibility index (Phi) is 6.37. The average Bonchev–Trinajstić information content (AvgIpc) is 2.85. The first kappa shape index (κ1) is 17.7. The van der Waals surface area contributed by atoms with Crippen LogP contribution in [-0.2, 0) is 14.4 Å². The smallest absolute Gasteiger partial charge is 0.253 e. The zero-order valence-corrected chi connectivity index (χ0v) is 14.2. The first-order valence-electron chi connectivity index (χ1n) is 8.85. The maximum Gasteiger partial charge on any atom is 0.253 e. The lowest BCUT2D eigenvalue weighted by Crippen LogP contribution is -2.40. The summed E-state index contributed by atoms with van der Waals surface area (Å²) in [5.41, 5.74) is 0. The minimum absolute atomic E-state index is 0.0819. The molecule has 128 valence electrons. The van der Waals surface area contributed by atoms with Crippen molar-refractivity contribution in [1.29, 1.82) is 0 Å². The van der Waals surface area contributed by atoms with Gasteiger partial charge in [-0.2, -0.15) is 0 Å². The third kappa shape index (κ3) is 4.91. The van der Waals surface area contributed by atoms with E-state index in [1.807, 2.05) is 0 Å². The van der Waals surface area contributed by atoms with Gasteiger partial charge >= 0.3 is 0 Å². The van der Waals surface area contributed by atoms with E-state index in [-0.39, 0.29) is 29.7 Å². The fourth-order valence-corrected chi connectivity index (χ4v) is 3.42. The molecule has 0 saturated heterocycles. The first-order chi connectivity index (χ1) is 11.0. The van der Waals surface area contributed by atoms with Crippen LogP contribution in [0.15, 0.2) is 12.2 Å². The number of amides is 3. The van der Waals surface area contributed by atoms with E-state index in [1.165, 1.54) is 17.1 Å². The van der Waals surface area contributed by atoms with E-state index in [0.717, 1.165) is 44.9 Å². The number of rotatable bonds is 7. The van der Waals surface area contributed by atoms with Gasteiger partial charge < -0.3 is 5.32 Å². The Morgan fingerprint density at radius 3 is 2.39 bits per heavy atom. The van der Waals surface area contributed by atoms with Crippen molar-refractivity contribution in [3.05, 3.63) is 12.2 Å². The highest BCUT2D eigenvalue weighted by Crippen LogP contribution is 2.30. The molecule has 1 aliphatic heterocycles. The third-order valence-electron chi connectivity index (χ3n) is 4.94. The number of hydrogen-bond donors (Lipinski definition) is 1. The second-order valence-corrected chi connectivity index (χ2v) is 6.89. The highest BCUT2D eigenvalue weighted by molar-refractivity contribution is 6.12. The Balaban J connectivity index is 1.72. The Bertz CT molecular complexity index is 461. The summed E-state index contributed by atoms with van der Waals surface area (Å²) < 4.78 is 0. The van der Waals surface area contributed by atoms with Crippen molar-refractivity contribution < 1.29 is 14.4 Å². The topological polar surface area (TPSA) is 66.5 Å². The number of hydrogen-bond acceptors (Lipinski definition) is 3. The van der Waals surface area contributed by atoms with Gasteiger partial charge in [0, 0.05) is 30.7 Å². The van der Waals surface area contributed by atoms with Crippen molar-refractivity contribution in [3.8, 4) is 0 Å². The molecule has 1 heterocycles. The van der Waals surface area contributed by atoms with Crippen LogP contribution in [-0.4, -0.2) is 35.2 Å². The van der Waals surface area contributed by atoms with Crippen LogP contribution in [0.2, 0.25) is 0 Å². The van der Waals surface area contributed by atoms with Gasteiger partial charge in [0.2, 0.25) is 5.91 Å². The van der Waals surface area contributed by atoms with Crippen molar-refractivity contribution in [3.63, 3.8) is 0 Å². The SMILES string of the molecule is CCCCC(C)NC(=O)C1CCC(CN2C(=O)C=CC2=O)CC1. The van der Waals surface area contributed by atoms with E-state index in [9.17, 15) is 14.4 Å². The van der Waals surface area contributed by atoms with E-state index in [1.54, 1.807) is 0 Å². The fourth-order valence-electron chi connectivity index (χ4n) is 3.42. The summed E-state index contributed by atoms with van der Waals surface area (Å²) in [6.07, 6.45) is 9.48. The Morgan fingerprint density at radius 2 is 1.83 bits per heavy atom. The second-order valence-electron chi connectivity index (χ2n) is 6.89. The van der Waals surface area contributed by atoms with E-state index in [2.05, 4.69) is 19.2 Å². The van der Waals surface area contributed by atoms with Crippen molar-refractivity contribution in [1.82, 2.24) is 10.2 Å². The number of nitrogens with one attached hydrogen (secondary N) is 1. The van der Waals surface area contributed by atoms with Crippen LogP contribution in [0, 0.1) is 11.8 Å². The van der Waals surface area contributed by atoms with Gasteiger partial charge in [-0.25, -0.2) is 0 Å². The van der Waals surface area contributed by atoms with Crippen LogP contribution in [0.3, 0.4) is 0 Å². The van der Waals surface area contributed by atoms with Gasteiger partial charge in [0.25, 0.3) is 11.8 Å². The fraction of sp³-hybridized carbons (Fsp3) is 0.722. The maximum absolute atomic E-state index is 12.3. The monoisotopic (exact) mass is 320 g/mol. The van der Waals surface area contributed by atoms with Crippen molar-refractivity contribution in [2.75, 3.05) is 6.54 Å². The lowest BCUT2D eigenvalue weighted by molar-refractivity contribution is -0.138. The van der Waals surface area contributed by atoms with Crippen molar-refractivity contribution in [2.24, 2.45) is 11.8 Å². The van der Waals surface area contributed by atoms with Gasteiger partial charge in [-0.05, 0) is 44.9 Å². The molecular formula is C18H28N2O3. The molecule has 0 bridgehead atoms. The summed E-state index contributed by atoms with van der Waals surface area (Å²) >= 11 is 0. The van der Waals surface area contributed by atoms with Gasteiger partial charge in [-0.1, -0.05) is 19.8 Å². The molecule has 3 amide bonds. The standard InChI is InChI=1S/C18H28N2O3/c1-3-4-5-13(2)19-18(23)15-8-6-14(7-9-15)12-20-16(21)10-11-17(20)22/h10-11,13-15H,3-9,12H2,1-2H3,(H,19,23). The van der Waals surface area contributed by atoms with Crippen LogP contribution in [0.25, 0.3) is 0 Å². The normalized spacial score (nSPS) is 25.7. The first-order valence-corrected chi connectivity index (χ1v) is 8.85. The molecule has 0 aromatic carbocycles. The van der Waals surface area contributed by atoms with Gasteiger partial charge in [-0.3, -0.25) is 19.3 Å². The van der Waals surface area contributed by atoms with Crippen LogP contribution in [0.5, 0.6) is 0 Å². The molecule has 0 aromatic rings. The molecule has 0 spiro atoms. The number of carbonyl (C=O) groups excluding carboxylic acids is 3. The van der Waals surface area contributed by atoms with Gasteiger partial charge in [0.05, 0.1) is 0 Å². The van der Waals surface area contributed by atoms with Crippen LogP contribution >= 0.6 is 0 Å². The summed E-state index contributed by atoms with van der Waals surface area (Å²) in [5.74, 6) is 0.157. The molecule has 5 heteroatoms. The molecule has 2 rings (SSSR count). The molecule has 1 fully saturated rings. The summed E-state index contributed by atoms with van der Waals surface area (Å²) in [6.45, 7) is 4.71. The molecule has 1 aliphatic carbocycles. The zero-order valence-electron chi connectivity index (χ0n) is 14.2. The maximum atomic E-state index is 12.3. The van der Waals surface area contributed by atoms with Gasteiger partial charge in [0.1, 0.15) is 0 Å². The highest BCUT2D eigenvalue weighted by Gasteiger charge is 2.31. The van der Waals surface area contributed by atoms with Crippen molar-refractivity contribution in [2.45, 2.75) is 64.8 Å². The molecule has 0 aromatic heterocycles. The predicted octanol–water partition coefficient (Wildman–Crippen LogP) is 2.41. The molecular weight excluding hydrogens is 292 g/mol. The molecule has 2 aliphatic rings. The number of carbonyl (C=O) groups is 3. The molecule has 0 radical (unpaired) electrons. The number of nitrogens with zero attached hydrogens (tertiary/aromatic N) is 1. The van der Waals surface area contributed by atoms with E-state index in [4.69, 9.17) is 0 Å². The predicted molar refractivity (Wildman–Crippen MR) is 88.4 cm³/mol. The number of unbranched alkanes of at least 4 members (excludes halogenated alkanes) is 1. The molecule has 1 N–H and O–H groups in total. The molecule has 5 nitrogen and oxygen atoms in total. The van der Waals surface area contributed by atoms with E-state index >= 15 is 0 Å². The minimum Gasteiger partial charge on any atom is -0.353 e. The quantitative estimate of drug-likeness (QED) is 0.733. The van der Waals surface area contributed by atoms with E-state index < -0.39 is 0 Å². The Labute approximate surface area is 138 Å². The average molecular weight is 320 g/mol. The number of imide groups is 1. The second kappa shape index (κ2) is 8.27. The lowest BCUT2D eigenvalue weighted by atomic mass is 9.81. The highest BCUT2D eigenvalue weighted by atomic mass is 16.2. The summed E-state index contributed by atoms with van der Waals surface area (Å²) in [7, 11) is 0. The van der Waals surface area contributed by atoms with Crippen LogP contribution in [0.1, 0.15) is 58.8 Å². The largest absolute Gasteiger partial charge is 0.353 e. The summed E-state index contributed by atoms with van der Waals surface area (Å²) in [4.78, 5) is 36.8. The van der Waals surface area contributed by atoms with Gasteiger partial charge in [-0.15, -0.1) is 0 Å². The van der Waals surface area contributed by atoms with E-state index in [0.29, 0.717) is 12.5 Å². The third-order valence-corrected chi connectivity index (χ3v) is 4.94. The Morgan fingerprint density at radius 1 is 1.22 bits per heavy atom. The Hall–Kier alpha value is -1.65.